The molecule has 1 atom stereocenters. The fourth-order valence-corrected chi connectivity index (χ4v) is 2.36. The minimum atomic E-state index is -0.0297. The number of hydrogen-bond acceptors (Lipinski definition) is 3. The number of carbonyl (C=O) groups excluding carboxylic acids is 1. The number of piperazine rings is 1. The van der Waals surface area contributed by atoms with Gasteiger partial charge in [0.1, 0.15) is 0 Å². The molecule has 0 aromatic heterocycles. The Labute approximate surface area is 139 Å². The van der Waals surface area contributed by atoms with Crippen LogP contribution in [0.1, 0.15) is 12.5 Å². The van der Waals surface area contributed by atoms with Crippen molar-refractivity contribution in [1.82, 2.24) is 15.5 Å². The molecule has 6 heteroatoms. The van der Waals surface area contributed by atoms with Gasteiger partial charge in [-0.2, -0.15) is 0 Å². The van der Waals surface area contributed by atoms with Gasteiger partial charge < -0.3 is 10.6 Å². The van der Waals surface area contributed by atoms with Gasteiger partial charge in [-0.05, 0) is 18.9 Å². The highest BCUT2D eigenvalue weighted by Gasteiger charge is 2.21. The van der Waals surface area contributed by atoms with Crippen molar-refractivity contribution in [2.45, 2.75) is 19.4 Å². The number of nitrogens with one attached hydrogen (secondary N) is 2. The maximum atomic E-state index is 12.1. The van der Waals surface area contributed by atoms with E-state index in [9.17, 15) is 4.79 Å². The summed E-state index contributed by atoms with van der Waals surface area (Å²) in [5.41, 5.74) is 1.26. The van der Waals surface area contributed by atoms with Crippen molar-refractivity contribution in [1.29, 1.82) is 0 Å². The first-order chi connectivity index (χ1) is 9.27. The van der Waals surface area contributed by atoms with Crippen LogP contribution in [-0.2, 0) is 11.2 Å². The molecule has 1 unspecified atom stereocenters. The van der Waals surface area contributed by atoms with Gasteiger partial charge in [-0.15, -0.1) is 24.8 Å². The number of benzene rings is 1. The van der Waals surface area contributed by atoms with Crippen LogP contribution in [0.25, 0.3) is 0 Å². The number of amides is 1. The van der Waals surface area contributed by atoms with E-state index in [1.165, 1.54) is 5.56 Å². The molecule has 4 nitrogen and oxygen atoms in total. The highest BCUT2D eigenvalue weighted by molar-refractivity contribution is 5.85. The average Bonchev–Trinajstić information content (AvgIpc) is 2.48. The zero-order valence-corrected chi connectivity index (χ0v) is 14.0. The van der Waals surface area contributed by atoms with E-state index in [4.69, 9.17) is 0 Å². The molecule has 1 aliphatic rings. The van der Waals surface area contributed by atoms with Crippen LogP contribution >= 0.6 is 24.8 Å². The third kappa shape index (κ3) is 6.66. The highest BCUT2D eigenvalue weighted by Crippen LogP contribution is 2.02. The van der Waals surface area contributed by atoms with E-state index in [0.717, 1.165) is 32.6 Å². The lowest BCUT2D eigenvalue weighted by Gasteiger charge is -2.31. The minimum Gasteiger partial charge on any atom is -0.354 e. The number of nitrogens with zero attached hydrogens (tertiary/aromatic N) is 1. The van der Waals surface area contributed by atoms with Crippen molar-refractivity contribution < 1.29 is 4.79 Å². The van der Waals surface area contributed by atoms with Gasteiger partial charge in [-0.25, -0.2) is 0 Å². The SMILES string of the molecule is CC(C(=O)NCCc1ccccc1)N1CCNCC1.Cl.Cl. The third-order valence-electron chi connectivity index (χ3n) is 3.63. The van der Waals surface area contributed by atoms with Gasteiger partial charge in [-0.1, -0.05) is 30.3 Å². The first-order valence-corrected chi connectivity index (χ1v) is 7.04. The molecule has 1 heterocycles. The Kier molecular flexibility index (Phi) is 10.4. The van der Waals surface area contributed by atoms with Crippen LogP contribution in [0, 0.1) is 0 Å². The quantitative estimate of drug-likeness (QED) is 0.857. The molecule has 1 saturated heterocycles. The molecule has 120 valence electrons. The van der Waals surface area contributed by atoms with Crippen LogP contribution in [0.2, 0.25) is 0 Å². The third-order valence-corrected chi connectivity index (χ3v) is 3.63. The van der Waals surface area contributed by atoms with E-state index in [1.54, 1.807) is 0 Å². The molecule has 0 radical (unpaired) electrons. The number of rotatable bonds is 5. The van der Waals surface area contributed by atoms with Gasteiger partial charge in [0.15, 0.2) is 0 Å². The van der Waals surface area contributed by atoms with Crippen LogP contribution in [-0.4, -0.2) is 49.6 Å². The van der Waals surface area contributed by atoms with Crippen molar-refractivity contribution in [3.8, 4) is 0 Å². The molecule has 1 aromatic rings. The zero-order valence-electron chi connectivity index (χ0n) is 12.4. The number of hydrogen-bond donors (Lipinski definition) is 2. The van der Waals surface area contributed by atoms with Gasteiger partial charge in [0.2, 0.25) is 5.91 Å². The van der Waals surface area contributed by atoms with Crippen molar-refractivity contribution in [2.75, 3.05) is 32.7 Å². The summed E-state index contributed by atoms with van der Waals surface area (Å²) in [6, 6.07) is 10.2. The van der Waals surface area contributed by atoms with Crippen molar-refractivity contribution in [2.24, 2.45) is 0 Å². The molecule has 0 spiro atoms. The van der Waals surface area contributed by atoms with Gasteiger partial charge in [0.05, 0.1) is 6.04 Å². The largest absolute Gasteiger partial charge is 0.354 e. The molecule has 1 amide bonds. The zero-order chi connectivity index (χ0) is 13.5. The summed E-state index contributed by atoms with van der Waals surface area (Å²) in [6.07, 6.45) is 0.890. The molecule has 21 heavy (non-hydrogen) atoms. The van der Waals surface area contributed by atoms with Crippen LogP contribution < -0.4 is 10.6 Å². The molecule has 0 bridgehead atoms. The molecule has 0 saturated carbocycles. The number of halogens is 2. The maximum absolute atomic E-state index is 12.1. The molecule has 2 N–H and O–H groups in total. The van der Waals surface area contributed by atoms with Crippen LogP contribution in [0.5, 0.6) is 0 Å². The Bertz CT molecular complexity index is 397. The smallest absolute Gasteiger partial charge is 0.237 e. The van der Waals surface area contributed by atoms with Crippen LogP contribution in [0.3, 0.4) is 0 Å². The van der Waals surface area contributed by atoms with Crippen molar-refractivity contribution in [3.05, 3.63) is 35.9 Å². The molecule has 1 fully saturated rings. The summed E-state index contributed by atoms with van der Waals surface area (Å²) in [5, 5.41) is 6.33. The maximum Gasteiger partial charge on any atom is 0.237 e. The topological polar surface area (TPSA) is 44.4 Å². The van der Waals surface area contributed by atoms with Gasteiger partial charge >= 0.3 is 0 Å². The molecular weight excluding hydrogens is 309 g/mol. The summed E-state index contributed by atoms with van der Waals surface area (Å²) in [6.45, 7) is 6.55. The second kappa shape index (κ2) is 10.9. The van der Waals surface area contributed by atoms with E-state index in [2.05, 4.69) is 27.7 Å². The van der Waals surface area contributed by atoms with E-state index in [1.807, 2.05) is 25.1 Å². The Morgan fingerprint density at radius 3 is 2.48 bits per heavy atom. The fraction of sp³-hybridized carbons (Fsp3) is 0.533. The second-order valence-corrected chi connectivity index (χ2v) is 4.99. The summed E-state index contributed by atoms with van der Waals surface area (Å²) >= 11 is 0. The summed E-state index contributed by atoms with van der Waals surface area (Å²) in [7, 11) is 0. The van der Waals surface area contributed by atoms with Crippen molar-refractivity contribution in [3.63, 3.8) is 0 Å². The van der Waals surface area contributed by atoms with E-state index in [-0.39, 0.29) is 36.8 Å². The average molecular weight is 334 g/mol. The molecular formula is C15H25Cl2N3O. The molecule has 0 aliphatic carbocycles. The summed E-state index contributed by atoms with van der Waals surface area (Å²) < 4.78 is 0. The number of carbonyl (C=O) groups is 1. The lowest BCUT2D eigenvalue weighted by Crippen LogP contribution is -2.52. The van der Waals surface area contributed by atoms with Crippen molar-refractivity contribution >= 4 is 30.7 Å². The summed E-state index contributed by atoms with van der Waals surface area (Å²) in [4.78, 5) is 14.3. The van der Waals surface area contributed by atoms with E-state index in [0.29, 0.717) is 6.54 Å². The first kappa shape index (κ1) is 20.2. The standard InChI is InChI=1S/C15H23N3O.2ClH/c1-13(18-11-9-16-10-12-18)15(19)17-8-7-14-5-3-2-4-6-14;;/h2-6,13,16H,7-12H2,1H3,(H,17,19);2*1H. The van der Waals surface area contributed by atoms with Crippen LogP contribution in [0.15, 0.2) is 30.3 Å². The Morgan fingerprint density at radius 2 is 1.86 bits per heavy atom. The van der Waals surface area contributed by atoms with Gasteiger partial charge in [0, 0.05) is 32.7 Å². The first-order valence-electron chi connectivity index (χ1n) is 7.04. The van der Waals surface area contributed by atoms with E-state index >= 15 is 0 Å². The molecule has 1 aromatic carbocycles. The minimum absolute atomic E-state index is 0. The Hall–Kier alpha value is -0.810. The second-order valence-electron chi connectivity index (χ2n) is 4.99. The molecule has 1 aliphatic heterocycles. The fourth-order valence-electron chi connectivity index (χ4n) is 2.36. The Morgan fingerprint density at radius 1 is 1.24 bits per heavy atom. The predicted molar refractivity (Wildman–Crippen MR) is 91.6 cm³/mol. The normalized spacial score (nSPS) is 16.2. The lowest BCUT2D eigenvalue weighted by molar-refractivity contribution is -0.126. The van der Waals surface area contributed by atoms with Gasteiger partial charge in [0.25, 0.3) is 0 Å². The highest BCUT2D eigenvalue weighted by atomic mass is 35.5. The van der Waals surface area contributed by atoms with E-state index < -0.39 is 0 Å². The summed E-state index contributed by atoms with van der Waals surface area (Å²) in [5.74, 6) is 0.137. The monoisotopic (exact) mass is 333 g/mol. The lowest BCUT2D eigenvalue weighted by atomic mass is 10.1. The predicted octanol–water partition coefficient (Wildman–Crippen LogP) is 1.48. The van der Waals surface area contributed by atoms with Crippen LogP contribution in [0.4, 0.5) is 0 Å². The van der Waals surface area contributed by atoms with Gasteiger partial charge in [-0.3, -0.25) is 9.69 Å². The Balaban J connectivity index is 0.00000200. The molecule has 2 rings (SSSR count).